The number of hydrogen-bond acceptors (Lipinski definition) is 2. The highest BCUT2D eigenvalue weighted by molar-refractivity contribution is 5.76. The molecule has 6 heteroatoms. The second-order valence-electron chi connectivity index (χ2n) is 5.39. The van der Waals surface area contributed by atoms with E-state index in [1.165, 1.54) is 17.0 Å². The fraction of sp³-hybridized carbons (Fsp3) is 0.467. The van der Waals surface area contributed by atoms with Gasteiger partial charge in [-0.1, -0.05) is 12.1 Å². The number of halogens is 1. The fourth-order valence-corrected chi connectivity index (χ4v) is 2.57. The Hall–Kier alpha value is -2.11. The average Bonchev–Trinajstić information content (AvgIpc) is 2.46. The van der Waals surface area contributed by atoms with Crippen molar-refractivity contribution in [2.75, 3.05) is 20.1 Å². The summed E-state index contributed by atoms with van der Waals surface area (Å²) < 4.78 is 13.1. The second-order valence-corrected chi connectivity index (χ2v) is 5.39. The number of likely N-dealkylation sites (tertiary alicyclic amines) is 1. The summed E-state index contributed by atoms with van der Waals surface area (Å²) in [5, 5.41) is 9.05. The van der Waals surface area contributed by atoms with E-state index in [-0.39, 0.29) is 18.4 Å². The lowest BCUT2D eigenvalue weighted by atomic mass is 9.99. The summed E-state index contributed by atoms with van der Waals surface area (Å²) in [4.78, 5) is 26.4. The van der Waals surface area contributed by atoms with E-state index in [1.807, 2.05) is 0 Å². The zero-order valence-corrected chi connectivity index (χ0v) is 12.0. The number of benzene rings is 1. The smallest absolute Gasteiger partial charge is 0.320 e. The van der Waals surface area contributed by atoms with Crippen molar-refractivity contribution in [2.45, 2.75) is 19.4 Å². The zero-order chi connectivity index (χ0) is 15.4. The van der Waals surface area contributed by atoms with Crippen LogP contribution in [0.1, 0.15) is 18.4 Å². The lowest BCUT2D eigenvalue weighted by Crippen LogP contribution is -2.47. The molecule has 1 aliphatic heterocycles. The monoisotopic (exact) mass is 294 g/mol. The molecule has 1 saturated heterocycles. The van der Waals surface area contributed by atoms with Gasteiger partial charge < -0.3 is 14.9 Å². The molecule has 21 heavy (non-hydrogen) atoms. The van der Waals surface area contributed by atoms with Crippen LogP contribution in [0.4, 0.5) is 9.18 Å². The molecule has 1 N–H and O–H groups in total. The molecule has 1 heterocycles. The van der Waals surface area contributed by atoms with Crippen molar-refractivity contribution in [3.05, 3.63) is 35.6 Å². The molecular formula is C15H19FN2O3. The number of carbonyl (C=O) groups excluding carboxylic acids is 1. The molecule has 0 spiro atoms. The minimum Gasteiger partial charge on any atom is -0.481 e. The minimum absolute atomic E-state index is 0.217. The quantitative estimate of drug-likeness (QED) is 0.929. The van der Waals surface area contributed by atoms with Gasteiger partial charge in [0.25, 0.3) is 0 Å². The molecule has 1 fully saturated rings. The first-order chi connectivity index (χ1) is 9.97. The van der Waals surface area contributed by atoms with Crippen LogP contribution >= 0.6 is 0 Å². The third kappa shape index (κ3) is 3.93. The molecule has 0 bridgehead atoms. The molecule has 0 aromatic heterocycles. The van der Waals surface area contributed by atoms with Crippen LogP contribution in [-0.4, -0.2) is 47.0 Å². The molecule has 1 aliphatic rings. The summed E-state index contributed by atoms with van der Waals surface area (Å²) in [6.45, 7) is 1.10. The molecule has 114 valence electrons. The van der Waals surface area contributed by atoms with Gasteiger partial charge in [0.15, 0.2) is 0 Å². The van der Waals surface area contributed by atoms with Crippen LogP contribution < -0.4 is 0 Å². The predicted molar refractivity (Wildman–Crippen MR) is 75.2 cm³/mol. The Balaban J connectivity index is 1.97. The molecule has 1 aromatic carbocycles. The maximum absolute atomic E-state index is 13.1. The van der Waals surface area contributed by atoms with Gasteiger partial charge in [-0.25, -0.2) is 9.18 Å². The first-order valence-corrected chi connectivity index (χ1v) is 6.94. The summed E-state index contributed by atoms with van der Waals surface area (Å²) in [6.07, 6.45) is 1.29. The molecule has 1 unspecified atom stereocenters. The lowest BCUT2D eigenvalue weighted by Gasteiger charge is -2.33. The lowest BCUT2D eigenvalue weighted by molar-refractivity contribution is -0.143. The van der Waals surface area contributed by atoms with E-state index in [1.54, 1.807) is 24.1 Å². The number of aliphatic carboxylic acids is 1. The first kappa shape index (κ1) is 15.3. The third-order valence-electron chi connectivity index (χ3n) is 3.68. The minimum atomic E-state index is -0.861. The summed E-state index contributed by atoms with van der Waals surface area (Å²) >= 11 is 0. The van der Waals surface area contributed by atoms with Crippen molar-refractivity contribution >= 4 is 12.0 Å². The van der Waals surface area contributed by atoms with Crippen LogP contribution in [0.15, 0.2) is 24.3 Å². The summed E-state index contributed by atoms with van der Waals surface area (Å²) in [5.41, 5.74) is 0.706. The van der Waals surface area contributed by atoms with Gasteiger partial charge in [-0.2, -0.15) is 0 Å². The number of hydrogen-bond donors (Lipinski definition) is 1. The van der Waals surface area contributed by atoms with Crippen molar-refractivity contribution < 1.29 is 19.1 Å². The number of rotatable bonds is 3. The van der Waals surface area contributed by atoms with Gasteiger partial charge in [0.1, 0.15) is 5.82 Å². The topological polar surface area (TPSA) is 60.9 Å². The number of carboxylic acid groups (broad SMARTS) is 1. The van der Waals surface area contributed by atoms with Gasteiger partial charge in [-0.15, -0.1) is 0 Å². The van der Waals surface area contributed by atoms with Crippen molar-refractivity contribution in [1.29, 1.82) is 0 Å². The molecule has 2 amide bonds. The SMILES string of the molecule is CN(Cc1cccc(F)c1)C(=O)N1CCCC(C(=O)O)C1. The molecule has 1 aromatic rings. The van der Waals surface area contributed by atoms with Crippen molar-refractivity contribution in [3.8, 4) is 0 Å². The maximum Gasteiger partial charge on any atom is 0.320 e. The summed E-state index contributed by atoms with van der Waals surface area (Å²) in [6, 6.07) is 5.88. The van der Waals surface area contributed by atoms with E-state index in [4.69, 9.17) is 5.11 Å². The maximum atomic E-state index is 13.1. The van der Waals surface area contributed by atoms with E-state index in [0.29, 0.717) is 31.5 Å². The van der Waals surface area contributed by atoms with E-state index in [2.05, 4.69) is 0 Å². The Bertz CT molecular complexity index is 535. The highest BCUT2D eigenvalue weighted by atomic mass is 19.1. The Kier molecular flexibility index (Phi) is 4.77. The molecule has 0 aliphatic carbocycles. The van der Waals surface area contributed by atoms with Gasteiger partial charge in [0, 0.05) is 26.7 Å². The van der Waals surface area contributed by atoms with Gasteiger partial charge in [-0.05, 0) is 30.5 Å². The van der Waals surface area contributed by atoms with E-state index in [9.17, 15) is 14.0 Å². The van der Waals surface area contributed by atoms with Crippen LogP contribution in [-0.2, 0) is 11.3 Å². The first-order valence-electron chi connectivity index (χ1n) is 6.94. The van der Waals surface area contributed by atoms with Crippen molar-refractivity contribution in [2.24, 2.45) is 5.92 Å². The number of nitrogens with zero attached hydrogens (tertiary/aromatic N) is 2. The third-order valence-corrected chi connectivity index (χ3v) is 3.68. The van der Waals surface area contributed by atoms with Gasteiger partial charge in [0.05, 0.1) is 5.92 Å². The predicted octanol–water partition coefficient (Wildman–Crippen LogP) is 2.17. The van der Waals surface area contributed by atoms with Gasteiger partial charge in [0.2, 0.25) is 0 Å². The largest absolute Gasteiger partial charge is 0.481 e. The van der Waals surface area contributed by atoms with Crippen LogP contribution in [0.2, 0.25) is 0 Å². The van der Waals surface area contributed by atoms with Gasteiger partial charge >= 0.3 is 12.0 Å². The van der Waals surface area contributed by atoms with Crippen LogP contribution in [0.3, 0.4) is 0 Å². The molecule has 0 saturated carbocycles. The van der Waals surface area contributed by atoms with Crippen LogP contribution in [0, 0.1) is 11.7 Å². The highest BCUT2D eigenvalue weighted by Gasteiger charge is 2.29. The highest BCUT2D eigenvalue weighted by Crippen LogP contribution is 2.18. The normalized spacial score (nSPS) is 18.4. The van der Waals surface area contributed by atoms with E-state index >= 15 is 0 Å². The number of urea groups is 1. The molecule has 2 rings (SSSR count). The number of piperidine rings is 1. The molecule has 0 radical (unpaired) electrons. The van der Waals surface area contributed by atoms with Gasteiger partial charge in [-0.3, -0.25) is 4.79 Å². The Labute approximate surface area is 123 Å². The van der Waals surface area contributed by atoms with Crippen molar-refractivity contribution in [3.63, 3.8) is 0 Å². The fourth-order valence-electron chi connectivity index (χ4n) is 2.57. The van der Waals surface area contributed by atoms with Crippen LogP contribution in [0.25, 0.3) is 0 Å². The second kappa shape index (κ2) is 6.56. The Morgan fingerprint density at radius 1 is 1.48 bits per heavy atom. The van der Waals surface area contributed by atoms with E-state index in [0.717, 1.165) is 0 Å². The Morgan fingerprint density at radius 2 is 2.24 bits per heavy atom. The average molecular weight is 294 g/mol. The molecule has 5 nitrogen and oxygen atoms in total. The standard InChI is InChI=1S/C15H19FN2O3/c1-17(9-11-4-2-6-13(16)8-11)15(21)18-7-3-5-12(10-18)14(19)20/h2,4,6,8,12H,3,5,7,9-10H2,1H3,(H,19,20). The zero-order valence-electron chi connectivity index (χ0n) is 12.0. The summed E-state index contributed by atoms with van der Waals surface area (Å²) in [7, 11) is 1.64. The number of carbonyl (C=O) groups is 2. The number of carboxylic acids is 1. The molecule has 1 atom stereocenters. The van der Waals surface area contributed by atoms with Crippen molar-refractivity contribution in [1.82, 2.24) is 9.80 Å². The Morgan fingerprint density at radius 3 is 2.90 bits per heavy atom. The van der Waals surface area contributed by atoms with Crippen LogP contribution in [0.5, 0.6) is 0 Å². The summed E-state index contributed by atoms with van der Waals surface area (Å²) in [5.74, 6) is -1.69. The van der Waals surface area contributed by atoms with E-state index < -0.39 is 11.9 Å². The number of amides is 2. The molecular weight excluding hydrogens is 275 g/mol.